The summed E-state index contributed by atoms with van der Waals surface area (Å²) in [7, 11) is 1.41. The van der Waals surface area contributed by atoms with Crippen LogP contribution in [0.2, 0.25) is 0 Å². The molecule has 20 heavy (non-hydrogen) atoms. The number of ether oxygens (including phenoxy) is 2. The minimum atomic E-state index is -0.210. The van der Waals surface area contributed by atoms with Crippen molar-refractivity contribution in [1.82, 2.24) is 5.32 Å². The summed E-state index contributed by atoms with van der Waals surface area (Å²) in [6, 6.07) is 7.91. The summed E-state index contributed by atoms with van der Waals surface area (Å²) in [5, 5.41) is 3.33. The Labute approximate surface area is 121 Å². The smallest absolute Gasteiger partial charge is 0.309 e. The zero-order chi connectivity index (χ0) is 14.8. The highest BCUT2D eigenvalue weighted by Gasteiger charge is 2.07. The number of hydrogen-bond acceptors (Lipinski definition) is 4. The lowest BCUT2D eigenvalue weighted by Gasteiger charge is -2.11. The Morgan fingerprint density at radius 1 is 1.25 bits per heavy atom. The van der Waals surface area contributed by atoms with E-state index in [0.29, 0.717) is 18.9 Å². The molecule has 0 saturated heterocycles. The molecule has 0 saturated carbocycles. The largest absolute Gasteiger partial charge is 0.469 e. The van der Waals surface area contributed by atoms with E-state index in [0.717, 1.165) is 30.8 Å². The molecule has 0 atom stereocenters. The Balaban J connectivity index is 2.34. The first-order valence-electron chi connectivity index (χ1n) is 7.05. The number of hydrogen-bond donors (Lipinski definition) is 1. The molecule has 0 unspecified atom stereocenters. The second-order valence-electron chi connectivity index (χ2n) is 5.17. The molecule has 0 aromatic heterocycles. The fourth-order valence-electron chi connectivity index (χ4n) is 1.82. The summed E-state index contributed by atoms with van der Waals surface area (Å²) < 4.78 is 10.2. The molecule has 0 fully saturated rings. The molecule has 0 aliphatic heterocycles. The Bertz CT molecular complexity index is 404. The third-order valence-corrected chi connectivity index (χ3v) is 2.87. The van der Waals surface area contributed by atoms with Gasteiger partial charge in [0.15, 0.2) is 0 Å². The van der Waals surface area contributed by atoms with E-state index < -0.39 is 0 Å². The molecule has 0 aliphatic carbocycles. The van der Waals surface area contributed by atoms with E-state index >= 15 is 0 Å². The molecular weight excluding hydrogens is 254 g/mol. The van der Waals surface area contributed by atoms with Crippen LogP contribution in [0.15, 0.2) is 24.3 Å². The fraction of sp³-hybridized carbons (Fsp3) is 0.562. The van der Waals surface area contributed by atoms with Gasteiger partial charge in [-0.1, -0.05) is 38.1 Å². The van der Waals surface area contributed by atoms with Crippen molar-refractivity contribution in [3.8, 4) is 0 Å². The second kappa shape index (κ2) is 9.50. The predicted molar refractivity (Wildman–Crippen MR) is 79.5 cm³/mol. The van der Waals surface area contributed by atoms with Gasteiger partial charge in [0.05, 0.1) is 20.1 Å². The average molecular weight is 279 g/mol. The van der Waals surface area contributed by atoms with Crippen LogP contribution in [0.5, 0.6) is 0 Å². The first-order chi connectivity index (χ1) is 9.63. The Hall–Kier alpha value is -1.39. The molecule has 0 spiro atoms. The van der Waals surface area contributed by atoms with Crippen LogP contribution in [0.4, 0.5) is 0 Å². The van der Waals surface area contributed by atoms with Crippen molar-refractivity contribution in [3.05, 3.63) is 35.4 Å². The molecule has 0 radical (unpaired) electrons. The minimum Gasteiger partial charge on any atom is -0.469 e. The molecule has 0 amide bonds. The maximum atomic E-state index is 11.3. The van der Waals surface area contributed by atoms with Crippen LogP contribution in [0.3, 0.4) is 0 Å². The lowest BCUT2D eigenvalue weighted by Crippen LogP contribution is -2.21. The fourth-order valence-corrected chi connectivity index (χ4v) is 1.82. The SMILES string of the molecule is COC(=O)Cc1ccccc1CNCCOCC(C)C. The van der Waals surface area contributed by atoms with Crippen molar-refractivity contribution in [1.29, 1.82) is 0 Å². The highest BCUT2D eigenvalue weighted by Crippen LogP contribution is 2.09. The number of carbonyl (C=O) groups excluding carboxylic acids is 1. The maximum Gasteiger partial charge on any atom is 0.309 e. The summed E-state index contributed by atoms with van der Waals surface area (Å²) in [6.07, 6.45) is 0.318. The highest BCUT2D eigenvalue weighted by molar-refractivity contribution is 5.72. The van der Waals surface area contributed by atoms with Gasteiger partial charge in [-0.15, -0.1) is 0 Å². The first kappa shape index (κ1) is 16.7. The lowest BCUT2D eigenvalue weighted by atomic mass is 10.0. The Morgan fingerprint density at radius 3 is 2.60 bits per heavy atom. The lowest BCUT2D eigenvalue weighted by molar-refractivity contribution is -0.139. The van der Waals surface area contributed by atoms with Crippen LogP contribution in [0.1, 0.15) is 25.0 Å². The van der Waals surface area contributed by atoms with Crippen molar-refractivity contribution in [2.24, 2.45) is 5.92 Å². The number of benzene rings is 1. The van der Waals surface area contributed by atoms with E-state index in [1.165, 1.54) is 7.11 Å². The van der Waals surface area contributed by atoms with E-state index in [9.17, 15) is 4.79 Å². The summed E-state index contributed by atoms with van der Waals surface area (Å²) in [5.74, 6) is 0.355. The Morgan fingerprint density at radius 2 is 1.95 bits per heavy atom. The number of esters is 1. The molecule has 112 valence electrons. The molecule has 1 rings (SSSR count). The molecule has 4 nitrogen and oxygen atoms in total. The predicted octanol–water partition coefficient (Wildman–Crippen LogP) is 2.16. The van der Waals surface area contributed by atoms with E-state index in [4.69, 9.17) is 9.47 Å². The van der Waals surface area contributed by atoms with Gasteiger partial charge in [-0.05, 0) is 17.0 Å². The number of methoxy groups -OCH3 is 1. The second-order valence-corrected chi connectivity index (χ2v) is 5.17. The molecular formula is C16H25NO3. The van der Waals surface area contributed by atoms with Gasteiger partial charge in [0, 0.05) is 19.7 Å². The van der Waals surface area contributed by atoms with Crippen LogP contribution < -0.4 is 5.32 Å². The van der Waals surface area contributed by atoms with Crippen molar-refractivity contribution in [3.63, 3.8) is 0 Å². The van der Waals surface area contributed by atoms with Gasteiger partial charge in [0.25, 0.3) is 0 Å². The summed E-state index contributed by atoms with van der Waals surface area (Å²) in [4.78, 5) is 11.3. The van der Waals surface area contributed by atoms with Gasteiger partial charge >= 0.3 is 5.97 Å². The van der Waals surface area contributed by atoms with Gasteiger partial charge < -0.3 is 14.8 Å². The van der Waals surface area contributed by atoms with E-state index in [-0.39, 0.29) is 5.97 Å². The monoisotopic (exact) mass is 279 g/mol. The quantitative estimate of drug-likeness (QED) is 0.556. The third-order valence-electron chi connectivity index (χ3n) is 2.87. The third kappa shape index (κ3) is 6.68. The van der Waals surface area contributed by atoms with Crippen molar-refractivity contribution in [2.75, 3.05) is 26.9 Å². The van der Waals surface area contributed by atoms with Crippen LogP contribution in [-0.2, 0) is 27.2 Å². The van der Waals surface area contributed by atoms with Crippen LogP contribution in [0.25, 0.3) is 0 Å². The summed E-state index contributed by atoms with van der Waals surface area (Å²) >= 11 is 0. The molecule has 1 N–H and O–H groups in total. The van der Waals surface area contributed by atoms with Crippen LogP contribution >= 0.6 is 0 Å². The molecule has 1 aromatic rings. The average Bonchev–Trinajstić information content (AvgIpc) is 2.43. The first-order valence-corrected chi connectivity index (χ1v) is 7.05. The van der Waals surface area contributed by atoms with Gasteiger partial charge in [-0.3, -0.25) is 4.79 Å². The number of nitrogens with one attached hydrogen (secondary N) is 1. The van der Waals surface area contributed by atoms with E-state index in [2.05, 4.69) is 19.2 Å². The number of rotatable bonds is 9. The zero-order valence-electron chi connectivity index (χ0n) is 12.6. The maximum absolute atomic E-state index is 11.3. The highest BCUT2D eigenvalue weighted by atomic mass is 16.5. The summed E-state index contributed by atoms with van der Waals surface area (Å²) in [6.45, 7) is 7.31. The van der Waals surface area contributed by atoms with Crippen molar-refractivity contribution < 1.29 is 14.3 Å². The summed E-state index contributed by atoms with van der Waals surface area (Å²) in [5.41, 5.74) is 2.14. The van der Waals surface area contributed by atoms with Gasteiger partial charge in [-0.25, -0.2) is 0 Å². The van der Waals surface area contributed by atoms with Gasteiger partial charge in [0.2, 0.25) is 0 Å². The van der Waals surface area contributed by atoms with Crippen molar-refractivity contribution in [2.45, 2.75) is 26.8 Å². The van der Waals surface area contributed by atoms with E-state index in [1.54, 1.807) is 0 Å². The minimum absolute atomic E-state index is 0.210. The number of carbonyl (C=O) groups is 1. The van der Waals surface area contributed by atoms with Gasteiger partial charge in [-0.2, -0.15) is 0 Å². The van der Waals surface area contributed by atoms with Crippen LogP contribution in [0, 0.1) is 5.92 Å². The van der Waals surface area contributed by atoms with E-state index in [1.807, 2.05) is 24.3 Å². The molecule has 0 aliphatic rings. The standard InChI is InChI=1S/C16H25NO3/c1-13(2)12-20-9-8-17-11-15-7-5-4-6-14(15)10-16(18)19-3/h4-7,13,17H,8-12H2,1-3H3. The molecule has 0 bridgehead atoms. The van der Waals surface area contributed by atoms with Crippen LogP contribution in [-0.4, -0.2) is 32.8 Å². The van der Waals surface area contributed by atoms with Gasteiger partial charge in [0.1, 0.15) is 0 Å². The normalized spacial score (nSPS) is 10.8. The zero-order valence-corrected chi connectivity index (χ0v) is 12.6. The Kier molecular flexibility index (Phi) is 7.92. The van der Waals surface area contributed by atoms with Crippen molar-refractivity contribution >= 4 is 5.97 Å². The topological polar surface area (TPSA) is 47.6 Å². The molecule has 4 heteroatoms. The molecule has 1 aromatic carbocycles. The molecule has 0 heterocycles.